The second-order valence-corrected chi connectivity index (χ2v) is 5.22. The molecule has 1 fully saturated rings. The van der Waals surface area contributed by atoms with Crippen LogP contribution in [0.4, 0.5) is 0 Å². The second-order valence-electron chi connectivity index (χ2n) is 5.22. The Morgan fingerprint density at radius 3 is 3.16 bits per heavy atom. The summed E-state index contributed by atoms with van der Waals surface area (Å²) in [5, 5.41) is 8.57. The smallest absolute Gasteiger partial charge is 0.234 e. The third-order valence-corrected chi connectivity index (χ3v) is 4.09. The van der Waals surface area contributed by atoms with Crippen LogP contribution in [0.3, 0.4) is 0 Å². The standard InChI is InChI=1S/C13H19N5O/c1-8(13(14)19)18-5-3-2-4-11(18)12-9-6-15-7-10(9)16-17-12/h6-8,11,15-16H,2-5H2,1H3,(H2,14,19). The molecule has 1 aliphatic rings. The number of amides is 1. The molecule has 19 heavy (non-hydrogen) atoms. The Morgan fingerprint density at radius 1 is 1.53 bits per heavy atom. The third kappa shape index (κ3) is 2.02. The van der Waals surface area contributed by atoms with Crippen LogP contribution in [0, 0.1) is 0 Å². The zero-order valence-corrected chi connectivity index (χ0v) is 11.0. The van der Waals surface area contributed by atoms with Gasteiger partial charge < -0.3 is 10.7 Å². The van der Waals surface area contributed by atoms with E-state index in [1.165, 1.54) is 0 Å². The number of hydrogen-bond donors (Lipinski definition) is 3. The largest absolute Gasteiger partial charge is 0.368 e. The van der Waals surface area contributed by atoms with Crippen LogP contribution in [0.15, 0.2) is 12.4 Å². The molecule has 0 aliphatic carbocycles. The maximum Gasteiger partial charge on any atom is 0.234 e. The fourth-order valence-electron chi connectivity index (χ4n) is 2.98. The van der Waals surface area contributed by atoms with Gasteiger partial charge in [-0.3, -0.25) is 14.8 Å². The summed E-state index contributed by atoms with van der Waals surface area (Å²) in [6, 6.07) is -0.0863. The molecule has 0 spiro atoms. The number of fused-ring (bicyclic) bond motifs is 1. The first-order valence-corrected chi connectivity index (χ1v) is 6.74. The number of primary amides is 1. The average Bonchev–Trinajstić information content (AvgIpc) is 3.00. The van der Waals surface area contributed by atoms with Gasteiger partial charge in [0.15, 0.2) is 0 Å². The molecule has 6 heteroatoms. The molecular weight excluding hydrogens is 242 g/mol. The number of hydrogen-bond acceptors (Lipinski definition) is 3. The van der Waals surface area contributed by atoms with Crippen molar-refractivity contribution in [3.63, 3.8) is 0 Å². The minimum absolute atomic E-state index is 0.167. The first kappa shape index (κ1) is 12.2. The van der Waals surface area contributed by atoms with Crippen molar-refractivity contribution in [3.8, 4) is 0 Å². The molecule has 4 N–H and O–H groups in total. The molecule has 1 aliphatic heterocycles. The maximum atomic E-state index is 11.5. The number of aromatic amines is 2. The molecule has 1 saturated heterocycles. The average molecular weight is 261 g/mol. The van der Waals surface area contributed by atoms with Crippen molar-refractivity contribution in [2.75, 3.05) is 6.54 Å². The summed E-state index contributed by atoms with van der Waals surface area (Å²) < 4.78 is 0. The van der Waals surface area contributed by atoms with Gasteiger partial charge in [0.1, 0.15) is 0 Å². The summed E-state index contributed by atoms with van der Waals surface area (Å²) in [7, 11) is 0. The molecule has 0 saturated carbocycles. The van der Waals surface area contributed by atoms with E-state index >= 15 is 0 Å². The van der Waals surface area contributed by atoms with Gasteiger partial charge in [0.25, 0.3) is 0 Å². The van der Waals surface area contributed by atoms with Crippen molar-refractivity contribution < 1.29 is 4.79 Å². The summed E-state index contributed by atoms with van der Waals surface area (Å²) in [5.74, 6) is -0.271. The lowest BCUT2D eigenvalue weighted by Crippen LogP contribution is -2.46. The Labute approximate surface area is 111 Å². The van der Waals surface area contributed by atoms with E-state index in [1.54, 1.807) is 0 Å². The zero-order chi connectivity index (χ0) is 13.4. The van der Waals surface area contributed by atoms with E-state index < -0.39 is 0 Å². The highest BCUT2D eigenvalue weighted by Gasteiger charge is 2.32. The van der Waals surface area contributed by atoms with Gasteiger partial charge in [0, 0.05) is 17.8 Å². The number of likely N-dealkylation sites (tertiary alicyclic amines) is 1. The Morgan fingerprint density at radius 2 is 2.37 bits per heavy atom. The third-order valence-electron chi connectivity index (χ3n) is 4.09. The van der Waals surface area contributed by atoms with Gasteiger partial charge in [-0.05, 0) is 26.3 Å². The van der Waals surface area contributed by atoms with Crippen molar-refractivity contribution in [2.24, 2.45) is 5.73 Å². The van der Waals surface area contributed by atoms with E-state index in [0.29, 0.717) is 0 Å². The first-order chi connectivity index (χ1) is 9.18. The quantitative estimate of drug-likeness (QED) is 0.777. The fourth-order valence-corrected chi connectivity index (χ4v) is 2.98. The predicted molar refractivity (Wildman–Crippen MR) is 72.4 cm³/mol. The number of carbonyl (C=O) groups excluding carboxylic acids is 1. The number of nitrogens with two attached hydrogens (primary N) is 1. The van der Waals surface area contributed by atoms with Crippen molar-refractivity contribution in [1.82, 2.24) is 20.1 Å². The second kappa shape index (κ2) is 4.70. The Bertz CT molecular complexity index is 587. The number of nitrogens with zero attached hydrogens (tertiary/aromatic N) is 2. The van der Waals surface area contributed by atoms with Crippen LogP contribution in [0.5, 0.6) is 0 Å². The number of rotatable bonds is 3. The fraction of sp³-hybridized carbons (Fsp3) is 0.538. The SMILES string of the molecule is CC(C(N)=O)N1CCCCC1c1n[nH]c2c[nH]cc12. The van der Waals surface area contributed by atoms with Crippen LogP contribution in [-0.4, -0.2) is 38.6 Å². The molecule has 6 nitrogen and oxygen atoms in total. The van der Waals surface area contributed by atoms with E-state index in [2.05, 4.69) is 20.1 Å². The first-order valence-electron chi connectivity index (χ1n) is 6.74. The summed E-state index contributed by atoms with van der Waals surface area (Å²) in [6.07, 6.45) is 7.13. The topological polar surface area (TPSA) is 90.8 Å². The highest BCUT2D eigenvalue weighted by molar-refractivity contribution is 5.82. The molecule has 2 aromatic rings. The minimum Gasteiger partial charge on any atom is -0.368 e. The van der Waals surface area contributed by atoms with Crippen LogP contribution in [-0.2, 0) is 4.79 Å². The molecule has 2 aromatic heterocycles. The summed E-state index contributed by atoms with van der Waals surface area (Å²) >= 11 is 0. The highest BCUT2D eigenvalue weighted by atomic mass is 16.1. The van der Waals surface area contributed by atoms with Gasteiger partial charge in [-0.15, -0.1) is 0 Å². The van der Waals surface area contributed by atoms with E-state index in [4.69, 9.17) is 5.73 Å². The lowest BCUT2D eigenvalue weighted by molar-refractivity contribution is -0.124. The summed E-state index contributed by atoms with van der Waals surface area (Å²) in [5.41, 5.74) is 7.48. The molecule has 0 bridgehead atoms. The van der Waals surface area contributed by atoms with E-state index in [1.807, 2.05) is 19.3 Å². The van der Waals surface area contributed by atoms with E-state index in [0.717, 1.165) is 42.4 Å². The number of piperidine rings is 1. The number of aromatic nitrogens is 3. The molecule has 1 amide bonds. The van der Waals surface area contributed by atoms with Crippen molar-refractivity contribution in [2.45, 2.75) is 38.3 Å². The van der Waals surface area contributed by atoms with Crippen LogP contribution in [0.1, 0.15) is 37.9 Å². The van der Waals surface area contributed by atoms with Gasteiger partial charge in [-0.2, -0.15) is 5.10 Å². The molecule has 3 heterocycles. The molecular formula is C13H19N5O. The number of nitrogens with one attached hydrogen (secondary N) is 2. The van der Waals surface area contributed by atoms with Crippen LogP contribution in [0.25, 0.3) is 10.9 Å². The highest BCUT2D eigenvalue weighted by Crippen LogP contribution is 2.34. The monoisotopic (exact) mass is 261 g/mol. The van der Waals surface area contributed by atoms with Crippen LogP contribution < -0.4 is 5.73 Å². The minimum atomic E-state index is -0.271. The van der Waals surface area contributed by atoms with Crippen LogP contribution >= 0.6 is 0 Å². The Balaban J connectivity index is 1.96. The van der Waals surface area contributed by atoms with Gasteiger partial charge in [-0.25, -0.2) is 0 Å². The summed E-state index contributed by atoms with van der Waals surface area (Å²) in [6.45, 7) is 2.77. The molecule has 102 valence electrons. The zero-order valence-electron chi connectivity index (χ0n) is 11.0. The lowest BCUT2D eigenvalue weighted by atomic mass is 9.96. The van der Waals surface area contributed by atoms with Gasteiger partial charge >= 0.3 is 0 Å². The van der Waals surface area contributed by atoms with Gasteiger partial charge in [0.2, 0.25) is 5.91 Å². The van der Waals surface area contributed by atoms with Gasteiger partial charge in [0.05, 0.1) is 23.3 Å². The lowest BCUT2D eigenvalue weighted by Gasteiger charge is -2.37. The Kier molecular flexibility index (Phi) is 3.02. The van der Waals surface area contributed by atoms with Gasteiger partial charge in [-0.1, -0.05) is 6.42 Å². The van der Waals surface area contributed by atoms with Crippen molar-refractivity contribution >= 4 is 16.8 Å². The maximum absolute atomic E-state index is 11.5. The normalized spacial score (nSPS) is 22.7. The van der Waals surface area contributed by atoms with Crippen molar-refractivity contribution in [3.05, 3.63) is 18.1 Å². The van der Waals surface area contributed by atoms with Crippen molar-refractivity contribution in [1.29, 1.82) is 0 Å². The molecule has 2 atom stereocenters. The van der Waals surface area contributed by atoms with E-state index in [-0.39, 0.29) is 18.0 Å². The Hall–Kier alpha value is -1.82. The summed E-state index contributed by atoms with van der Waals surface area (Å²) in [4.78, 5) is 16.7. The molecule has 0 radical (unpaired) electrons. The number of carbonyl (C=O) groups is 1. The predicted octanol–water partition coefficient (Wildman–Crippen LogP) is 1.29. The number of H-pyrrole nitrogens is 2. The van der Waals surface area contributed by atoms with Crippen LogP contribution in [0.2, 0.25) is 0 Å². The van der Waals surface area contributed by atoms with E-state index in [9.17, 15) is 4.79 Å². The molecule has 0 aromatic carbocycles. The molecule has 2 unspecified atom stereocenters. The molecule has 3 rings (SSSR count).